The summed E-state index contributed by atoms with van der Waals surface area (Å²) in [6.45, 7) is 0.494. The molecule has 1 aliphatic rings. The van der Waals surface area contributed by atoms with E-state index in [0.29, 0.717) is 6.54 Å². The van der Waals surface area contributed by atoms with Gasteiger partial charge in [-0.2, -0.15) is 0 Å². The molecule has 4 aromatic rings. The van der Waals surface area contributed by atoms with Crippen molar-refractivity contribution in [3.8, 4) is 28.3 Å². The monoisotopic (exact) mass is 383 g/mol. The van der Waals surface area contributed by atoms with E-state index in [1.165, 1.54) is 12.1 Å². The number of halogens is 1. The van der Waals surface area contributed by atoms with Crippen LogP contribution in [-0.2, 0) is 0 Å². The maximum Gasteiger partial charge on any atom is 0.143 e. The van der Waals surface area contributed by atoms with Gasteiger partial charge in [0.25, 0.3) is 0 Å². The Morgan fingerprint density at radius 2 is 1.66 bits per heavy atom. The molecule has 29 heavy (non-hydrogen) atoms. The first-order chi connectivity index (χ1) is 14.3. The molecule has 0 aliphatic carbocycles. The lowest BCUT2D eigenvalue weighted by Crippen LogP contribution is -2.10. The maximum absolute atomic E-state index is 13.2. The number of aliphatic imine (C=N–C) groups is 1. The molecule has 1 atom stereocenters. The van der Waals surface area contributed by atoms with Crippen LogP contribution < -0.4 is 4.74 Å². The van der Waals surface area contributed by atoms with E-state index in [2.05, 4.69) is 45.3 Å². The summed E-state index contributed by atoms with van der Waals surface area (Å²) >= 11 is 0. The van der Waals surface area contributed by atoms with Crippen molar-refractivity contribution in [2.75, 3.05) is 6.54 Å². The van der Waals surface area contributed by atoms with Crippen LogP contribution in [0.25, 0.3) is 22.5 Å². The number of aromatic nitrogens is 2. The van der Waals surface area contributed by atoms with Crippen LogP contribution in [0, 0.1) is 5.82 Å². The zero-order valence-corrected chi connectivity index (χ0v) is 15.5. The Kier molecular flexibility index (Phi) is 4.41. The number of nitrogens with zero attached hydrogens (tertiary/aromatic N) is 2. The predicted octanol–water partition coefficient (Wildman–Crippen LogP) is 5.44. The lowest BCUT2D eigenvalue weighted by atomic mass is 10.0. The van der Waals surface area contributed by atoms with E-state index in [4.69, 9.17) is 4.74 Å². The molecule has 0 radical (unpaired) electrons. The first kappa shape index (κ1) is 17.4. The molecule has 1 aromatic heterocycles. The summed E-state index contributed by atoms with van der Waals surface area (Å²) in [5.74, 6) is 1.37. The Bertz CT molecular complexity index is 1150. The number of H-pyrrole nitrogens is 1. The summed E-state index contributed by atoms with van der Waals surface area (Å²) in [4.78, 5) is 11.9. The van der Waals surface area contributed by atoms with E-state index in [-0.39, 0.29) is 11.9 Å². The summed E-state index contributed by atoms with van der Waals surface area (Å²) < 4.78 is 19.4. The number of fused-ring (bicyclic) bond motifs is 1. The summed E-state index contributed by atoms with van der Waals surface area (Å²) in [6, 6.07) is 20.7. The van der Waals surface area contributed by atoms with Crippen molar-refractivity contribution in [2.45, 2.75) is 6.10 Å². The van der Waals surface area contributed by atoms with Crippen molar-refractivity contribution < 1.29 is 9.13 Å². The second kappa shape index (κ2) is 7.36. The van der Waals surface area contributed by atoms with Gasteiger partial charge in [0.1, 0.15) is 23.5 Å². The number of rotatable bonds is 3. The molecule has 0 fully saturated rings. The highest BCUT2D eigenvalue weighted by Gasteiger charge is 2.18. The number of aromatic amines is 1. The highest BCUT2D eigenvalue weighted by Crippen LogP contribution is 2.32. The molecule has 0 amide bonds. The molecule has 0 spiro atoms. The fourth-order valence-corrected chi connectivity index (χ4v) is 3.47. The van der Waals surface area contributed by atoms with Crippen molar-refractivity contribution in [1.82, 2.24) is 9.97 Å². The summed E-state index contributed by atoms with van der Waals surface area (Å²) in [5.41, 5.74) is 5.08. The second-order valence-electron chi connectivity index (χ2n) is 6.92. The molecule has 3 aromatic carbocycles. The van der Waals surface area contributed by atoms with Crippen LogP contribution in [0.3, 0.4) is 0 Å². The van der Waals surface area contributed by atoms with Gasteiger partial charge in [-0.05, 0) is 41.0 Å². The molecule has 0 saturated heterocycles. The lowest BCUT2D eigenvalue weighted by molar-refractivity contribution is 0.217. The third-order valence-corrected chi connectivity index (χ3v) is 5.01. The topological polar surface area (TPSA) is 50.3 Å². The standard InChI is InChI=1S/C24H18FN3O/c25-21-8-5-17(6-9-21)23-15-26-14-20-13-19(7-10-22(20)29-23)16-1-3-18(4-2-16)24-27-11-12-28-24/h1-14,23H,15H2,(H,27,28). The van der Waals surface area contributed by atoms with Crippen LogP contribution in [0.15, 0.2) is 84.1 Å². The Hall–Kier alpha value is -3.73. The molecular formula is C24H18FN3O. The van der Waals surface area contributed by atoms with E-state index in [1.54, 1.807) is 18.3 Å². The highest BCUT2D eigenvalue weighted by atomic mass is 19.1. The van der Waals surface area contributed by atoms with Crippen molar-refractivity contribution in [3.63, 3.8) is 0 Å². The smallest absolute Gasteiger partial charge is 0.143 e. The minimum atomic E-state index is -0.256. The molecule has 142 valence electrons. The van der Waals surface area contributed by atoms with Crippen LogP contribution >= 0.6 is 0 Å². The SMILES string of the molecule is Fc1ccc(C2CN=Cc3cc(-c4ccc(-c5ncc[nH]5)cc4)ccc3O2)cc1. The highest BCUT2D eigenvalue weighted by molar-refractivity contribution is 5.87. The number of hydrogen-bond acceptors (Lipinski definition) is 3. The molecule has 1 aliphatic heterocycles. The van der Waals surface area contributed by atoms with Gasteiger partial charge in [-0.3, -0.25) is 4.99 Å². The first-order valence-electron chi connectivity index (χ1n) is 9.42. The zero-order valence-electron chi connectivity index (χ0n) is 15.5. The normalized spacial score (nSPS) is 15.4. The Labute approximate surface area is 167 Å². The minimum Gasteiger partial charge on any atom is -0.483 e. The van der Waals surface area contributed by atoms with E-state index in [0.717, 1.165) is 39.4 Å². The average molecular weight is 383 g/mol. The van der Waals surface area contributed by atoms with Gasteiger partial charge < -0.3 is 9.72 Å². The number of nitrogens with one attached hydrogen (secondary N) is 1. The number of ether oxygens (including phenoxy) is 1. The summed E-state index contributed by atoms with van der Waals surface area (Å²) in [7, 11) is 0. The molecule has 0 bridgehead atoms. The largest absolute Gasteiger partial charge is 0.483 e. The molecule has 5 heteroatoms. The third kappa shape index (κ3) is 3.55. The third-order valence-electron chi connectivity index (χ3n) is 5.01. The van der Waals surface area contributed by atoms with Crippen LogP contribution in [0.2, 0.25) is 0 Å². The molecule has 1 unspecified atom stereocenters. The van der Waals surface area contributed by atoms with E-state index in [9.17, 15) is 4.39 Å². The van der Waals surface area contributed by atoms with Crippen LogP contribution in [0.5, 0.6) is 5.75 Å². The van der Waals surface area contributed by atoms with Gasteiger partial charge in [-0.25, -0.2) is 9.37 Å². The Balaban J connectivity index is 1.41. The van der Waals surface area contributed by atoms with Crippen molar-refractivity contribution in [1.29, 1.82) is 0 Å². The number of benzene rings is 3. The van der Waals surface area contributed by atoms with E-state index < -0.39 is 0 Å². The molecule has 1 N–H and O–H groups in total. The number of imidazole rings is 1. The molecular weight excluding hydrogens is 365 g/mol. The number of hydrogen-bond donors (Lipinski definition) is 1. The van der Waals surface area contributed by atoms with Gasteiger partial charge in [-0.1, -0.05) is 42.5 Å². The van der Waals surface area contributed by atoms with Crippen LogP contribution in [0.4, 0.5) is 4.39 Å². The van der Waals surface area contributed by atoms with Gasteiger partial charge in [0.2, 0.25) is 0 Å². The Morgan fingerprint density at radius 3 is 2.41 bits per heavy atom. The average Bonchev–Trinajstić information content (AvgIpc) is 3.21. The Morgan fingerprint density at radius 1 is 0.897 bits per heavy atom. The van der Waals surface area contributed by atoms with Crippen molar-refractivity contribution in [3.05, 3.63) is 96.1 Å². The predicted molar refractivity (Wildman–Crippen MR) is 112 cm³/mol. The summed E-state index contributed by atoms with van der Waals surface area (Å²) in [5, 5.41) is 0. The second-order valence-corrected chi connectivity index (χ2v) is 6.92. The molecule has 2 heterocycles. The molecule has 0 saturated carbocycles. The minimum absolute atomic E-state index is 0.230. The van der Waals surface area contributed by atoms with Crippen LogP contribution in [-0.4, -0.2) is 22.7 Å². The fourth-order valence-electron chi connectivity index (χ4n) is 3.47. The van der Waals surface area contributed by atoms with Crippen molar-refractivity contribution in [2.24, 2.45) is 4.99 Å². The molecule has 4 nitrogen and oxygen atoms in total. The van der Waals surface area contributed by atoms with Gasteiger partial charge in [0, 0.05) is 29.7 Å². The van der Waals surface area contributed by atoms with Gasteiger partial charge >= 0.3 is 0 Å². The quantitative estimate of drug-likeness (QED) is 0.512. The van der Waals surface area contributed by atoms with E-state index in [1.807, 2.05) is 24.5 Å². The van der Waals surface area contributed by atoms with Crippen LogP contribution in [0.1, 0.15) is 17.2 Å². The van der Waals surface area contributed by atoms with E-state index >= 15 is 0 Å². The van der Waals surface area contributed by atoms with Gasteiger partial charge in [0.05, 0.1) is 6.54 Å². The van der Waals surface area contributed by atoms with Gasteiger partial charge in [0.15, 0.2) is 0 Å². The van der Waals surface area contributed by atoms with Crippen molar-refractivity contribution >= 4 is 6.21 Å². The fraction of sp³-hybridized carbons (Fsp3) is 0.0833. The first-order valence-corrected chi connectivity index (χ1v) is 9.42. The van der Waals surface area contributed by atoms with Gasteiger partial charge in [-0.15, -0.1) is 0 Å². The zero-order chi connectivity index (χ0) is 19.6. The summed E-state index contributed by atoms with van der Waals surface area (Å²) in [6.07, 6.45) is 5.17. The maximum atomic E-state index is 13.2. The molecule has 5 rings (SSSR count). The lowest BCUT2D eigenvalue weighted by Gasteiger charge is -2.17.